The number of aromatic amines is 1. The normalized spacial score (nSPS) is 10.7. The Bertz CT molecular complexity index is 1240. The number of nitrogens with one attached hydrogen (secondary N) is 1. The Labute approximate surface area is 194 Å². The summed E-state index contributed by atoms with van der Waals surface area (Å²) >= 11 is 0. The Morgan fingerprint density at radius 1 is 1.03 bits per heavy atom. The monoisotopic (exact) mass is 470 g/mol. The highest BCUT2D eigenvalue weighted by atomic mass is 19.1. The minimum atomic E-state index is -0.740. The van der Waals surface area contributed by atoms with E-state index in [1.807, 2.05) is 0 Å². The molecule has 1 N–H and O–H groups in total. The van der Waals surface area contributed by atoms with Gasteiger partial charge in [0.05, 0.1) is 13.2 Å². The minimum Gasteiger partial charge on any atom is -0.462 e. The van der Waals surface area contributed by atoms with Crippen LogP contribution in [-0.4, -0.2) is 30.1 Å². The van der Waals surface area contributed by atoms with Crippen molar-refractivity contribution in [1.82, 2.24) is 4.98 Å². The van der Waals surface area contributed by atoms with Crippen LogP contribution in [0.2, 0.25) is 0 Å². The van der Waals surface area contributed by atoms with Crippen molar-refractivity contribution in [2.45, 2.75) is 27.7 Å². The van der Waals surface area contributed by atoms with Gasteiger partial charge in [-0.05, 0) is 80.3 Å². The van der Waals surface area contributed by atoms with Crippen molar-refractivity contribution in [3.63, 3.8) is 0 Å². The first-order valence-corrected chi connectivity index (χ1v) is 10.4. The van der Waals surface area contributed by atoms with Gasteiger partial charge >= 0.3 is 11.9 Å². The third-order valence-corrected chi connectivity index (χ3v) is 4.53. The molecule has 3 rings (SSSR count). The van der Waals surface area contributed by atoms with Gasteiger partial charge in [0, 0.05) is 15.8 Å². The van der Waals surface area contributed by atoms with E-state index in [0.717, 1.165) is 5.52 Å². The van der Waals surface area contributed by atoms with Crippen molar-refractivity contribution in [3.05, 3.63) is 86.6 Å². The molecule has 0 fully saturated rings. The van der Waals surface area contributed by atoms with Crippen molar-refractivity contribution in [3.8, 4) is 0 Å². The highest BCUT2D eigenvalue weighted by Gasteiger charge is 2.11. The van der Waals surface area contributed by atoms with Crippen LogP contribution in [-0.2, 0) is 14.3 Å². The molecule has 34 heavy (non-hydrogen) atoms. The number of carbonyl (C=O) groups excluding carboxylic acids is 2. The number of fused-ring (bicyclic) bond motifs is 1. The molecule has 0 unspecified atom stereocenters. The van der Waals surface area contributed by atoms with E-state index < -0.39 is 17.8 Å². The predicted molar refractivity (Wildman–Crippen MR) is 124 cm³/mol. The number of esters is 2. The van der Waals surface area contributed by atoms with Crippen molar-refractivity contribution in [1.29, 1.82) is 0 Å². The molecule has 0 aliphatic rings. The Morgan fingerprint density at radius 2 is 1.71 bits per heavy atom. The topological polar surface area (TPSA) is 117 Å². The second-order valence-electron chi connectivity index (χ2n) is 7.04. The molecular weight excluding hydrogens is 446 g/mol. The quantitative estimate of drug-likeness (QED) is 0.153. The molecule has 2 aromatic carbocycles. The molecular formula is C24H24F2N4O4. The van der Waals surface area contributed by atoms with Gasteiger partial charge in [-0.2, -0.15) is 0 Å². The zero-order valence-corrected chi connectivity index (χ0v) is 19.2. The molecule has 1 heterocycles. The van der Waals surface area contributed by atoms with Crippen LogP contribution in [0.4, 0.5) is 8.78 Å². The fourth-order valence-electron chi connectivity index (χ4n) is 2.82. The minimum absolute atomic E-state index is 0.166. The molecule has 0 radical (unpaired) electrons. The van der Waals surface area contributed by atoms with Gasteiger partial charge in [0.25, 0.3) is 0 Å². The summed E-state index contributed by atoms with van der Waals surface area (Å²) in [5.41, 5.74) is 10.7. The van der Waals surface area contributed by atoms with Crippen molar-refractivity contribution in [2.75, 3.05) is 13.2 Å². The predicted octanol–water partition coefficient (Wildman–Crippen LogP) is 6.14. The number of azide groups is 1. The summed E-state index contributed by atoms with van der Waals surface area (Å²) in [5, 5.41) is 3.91. The molecule has 0 spiro atoms. The van der Waals surface area contributed by atoms with E-state index in [1.165, 1.54) is 18.2 Å². The van der Waals surface area contributed by atoms with Crippen LogP contribution < -0.4 is 0 Å². The third-order valence-electron chi connectivity index (χ3n) is 4.53. The number of rotatable bonds is 6. The van der Waals surface area contributed by atoms with Gasteiger partial charge in [-0.15, -0.1) is 0 Å². The largest absolute Gasteiger partial charge is 0.462 e. The maximum atomic E-state index is 13.3. The average molecular weight is 470 g/mol. The van der Waals surface area contributed by atoms with Crippen molar-refractivity contribution in [2.24, 2.45) is 5.11 Å². The smallest absolute Gasteiger partial charge is 0.354 e. The van der Waals surface area contributed by atoms with E-state index >= 15 is 0 Å². The molecule has 8 nitrogen and oxygen atoms in total. The maximum Gasteiger partial charge on any atom is 0.354 e. The Balaban J connectivity index is 0.000000241. The van der Waals surface area contributed by atoms with Crippen LogP contribution in [0.15, 0.2) is 47.2 Å². The Kier molecular flexibility index (Phi) is 9.34. The standard InChI is InChI=1S/C12H12FN3O2.C12H12FNO2/c1-3-18-12(17)11(15-16-14)7-9-5-4-8(2)10(13)6-9;1-3-16-12(15)11-6-8-5-9(13)7(2)4-10(8)14-11/h4-7H,3H2,1-2H3;4-6,14H,3H2,1-2H3/b11-7-;. The number of aromatic nitrogens is 1. The first kappa shape index (κ1) is 26.1. The number of aryl methyl sites for hydroxylation is 2. The van der Waals surface area contributed by atoms with E-state index in [4.69, 9.17) is 15.0 Å². The molecule has 0 aliphatic heterocycles. The molecule has 0 amide bonds. The van der Waals surface area contributed by atoms with Crippen LogP contribution in [0.5, 0.6) is 0 Å². The fourth-order valence-corrected chi connectivity index (χ4v) is 2.82. The number of nitrogens with zero attached hydrogens (tertiary/aromatic N) is 3. The van der Waals surface area contributed by atoms with E-state index in [0.29, 0.717) is 34.4 Å². The van der Waals surface area contributed by atoms with E-state index in [2.05, 4.69) is 15.0 Å². The van der Waals surface area contributed by atoms with Gasteiger partial charge in [0.15, 0.2) is 0 Å². The number of carbonyl (C=O) groups is 2. The molecule has 1 aromatic heterocycles. The number of hydrogen-bond donors (Lipinski definition) is 1. The average Bonchev–Trinajstić information content (AvgIpc) is 3.20. The zero-order chi connectivity index (χ0) is 25.3. The lowest BCUT2D eigenvalue weighted by atomic mass is 10.1. The molecule has 0 saturated heterocycles. The molecule has 0 aliphatic carbocycles. The van der Waals surface area contributed by atoms with Gasteiger partial charge in [-0.3, -0.25) is 0 Å². The number of halogens is 2. The van der Waals surface area contributed by atoms with E-state index in [9.17, 15) is 18.4 Å². The van der Waals surface area contributed by atoms with Crippen molar-refractivity contribution >= 4 is 28.9 Å². The summed E-state index contributed by atoms with van der Waals surface area (Å²) in [6.07, 6.45) is 1.28. The van der Waals surface area contributed by atoms with Crippen molar-refractivity contribution < 1.29 is 27.8 Å². The highest BCUT2D eigenvalue weighted by Crippen LogP contribution is 2.20. The molecule has 3 aromatic rings. The second-order valence-corrected chi connectivity index (χ2v) is 7.04. The lowest BCUT2D eigenvalue weighted by Gasteiger charge is -2.02. The number of hydrogen-bond acceptors (Lipinski definition) is 5. The van der Waals surface area contributed by atoms with Crippen LogP contribution >= 0.6 is 0 Å². The van der Waals surface area contributed by atoms with Crippen LogP contribution in [0.25, 0.3) is 27.4 Å². The molecule has 0 atom stereocenters. The summed E-state index contributed by atoms with van der Waals surface area (Å²) in [6.45, 7) is 7.17. The van der Waals surface area contributed by atoms with Gasteiger partial charge < -0.3 is 14.5 Å². The molecule has 0 saturated carbocycles. The maximum absolute atomic E-state index is 13.3. The first-order chi connectivity index (χ1) is 16.2. The van der Waals surface area contributed by atoms with Gasteiger partial charge in [-0.25, -0.2) is 18.4 Å². The SMILES string of the molecule is CCOC(=O)/C(=C/c1ccc(C)c(F)c1)N=[N+]=[N-].CCOC(=O)c1cc2cc(F)c(C)cc2[nH]1. The molecule has 10 heteroatoms. The van der Waals surface area contributed by atoms with Gasteiger partial charge in [0.1, 0.15) is 23.0 Å². The molecule has 0 bridgehead atoms. The van der Waals surface area contributed by atoms with Crippen LogP contribution in [0.3, 0.4) is 0 Å². The second kappa shape index (κ2) is 12.2. The summed E-state index contributed by atoms with van der Waals surface area (Å²) in [5.74, 6) is -1.83. The number of benzene rings is 2. The molecule has 178 valence electrons. The van der Waals surface area contributed by atoms with E-state index in [-0.39, 0.29) is 18.1 Å². The summed E-state index contributed by atoms with van der Waals surface area (Å²) in [7, 11) is 0. The van der Waals surface area contributed by atoms with E-state index in [1.54, 1.807) is 52.0 Å². The summed E-state index contributed by atoms with van der Waals surface area (Å²) in [4.78, 5) is 28.3. The summed E-state index contributed by atoms with van der Waals surface area (Å²) in [6, 6.07) is 9.11. The fraction of sp³-hybridized carbons (Fsp3) is 0.250. The Morgan fingerprint density at radius 3 is 2.32 bits per heavy atom. The highest BCUT2D eigenvalue weighted by molar-refractivity contribution is 5.95. The van der Waals surface area contributed by atoms with Crippen LogP contribution in [0.1, 0.15) is 41.0 Å². The number of H-pyrrole nitrogens is 1. The first-order valence-electron chi connectivity index (χ1n) is 10.4. The van der Waals surface area contributed by atoms with Gasteiger partial charge in [0.2, 0.25) is 0 Å². The third kappa shape index (κ3) is 6.91. The van der Waals surface area contributed by atoms with Gasteiger partial charge in [-0.1, -0.05) is 17.2 Å². The lowest BCUT2D eigenvalue weighted by Crippen LogP contribution is -2.05. The lowest BCUT2D eigenvalue weighted by molar-refractivity contribution is -0.138. The Hall–Kier alpha value is -4.17. The number of ether oxygens (including phenoxy) is 2. The van der Waals surface area contributed by atoms with Crippen LogP contribution in [0, 0.1) is 25.5 Å². The summed E-state index contributed by atoms with van der Waals surface area (Å²) < 4.78 is 36.2. The zero-order valence-electron chi connectivity index (χ0n) is 19.2.